The van der Waals surface area contributed by atoms with Gasteiger partial charge >= 0.3 is 0 Å². The van der Waals surface area contributed by atoms with Gasteiger partial charge in [-0.3, -0.25) is 15.2 Å². The van der Waals surface area contributed by atoms with Crippen LogP contribution in [0.4, 0.5) is 10.1 Å². The first-order valence-corrected chi connectivity index (χ1v) is 9.31. The molecular weight excluding hydrogens is 399 g/mol. The van der Waals surface area contributed by atoms with Gasteiger partial charge in [0, 0.05) is 17.7 Å². The molecule has 4 rings (SSSR count). The largest absolute Gasteiger partial charge is 0.419 e. The number of nitrogens with zero attached hydrogens (tertiary/aromatic N) is 5. The van der Waals surface area contributed by atoms with Crippen LogP contribution in [-0.4, -0.2) is 30.3 Å². The third kappa shape index (κ3) is 3.99. The number of nitro groups is 1. The molecule has 0 aliphatic heterocycles. The molecule has 146 valence electrons. The summed E-state index contributed by atoms with van der Waals surface area (Å²) in [7, 11) is 0. The molecule has 0 aliphatic carbocycles. The lowest BCUT2D eigenvalue weighted by Gasteiger charge is -2.02. The summed E-state index contributed by atoms with van der Waals surface area (Å²) in [5, 5.41) is 25.7. The van der Waals surface area contributed by atoms with Gasteiger partial charge in [-0.2, -0.15) is 0 Å². The summed E-state index contributed by atoms with van der Waals surface area (Å²) in [4.78, 5) is 14.6. The van der Waals surface area contributed by atoms with Crippen molar-refractivity contribution in [2.24, 2.45) is 0 Å². The zero-order valence-corrected chi connectivity index (χ0v) is 15.8. The summed E-state index contributed by atoms with van der Waals surface area (Å²) in [6.45, 7) is 1.84. The molecule has 11 heteroatoms. The molecule has 2 aromatic carbocycles. The molecule has 0 saturated carbocycles. The molecule has 0 bridgehead atoms. The number of aromatic amines is 1. The first kappa shape index (κ1) is 18.7. The molecule has 4 aromatic rings. The molecule has 0 unspecified atom stereocenters. The third-order valence-corrected chi connectivity index (χ3v) is 4.94. The van der Waals surface area contributed by atoms with Crippen LogP contribution < -0.4 is 0 Å². The zero-order chi connectivity index (χ0) is 20.4. The van der Waals surface area contributed by atoms with Crippen LogP contribution in [0, 0.1) is 15.9 Å². The maximum absolute atomic E-state index is 13.9. The van der Waals surface area contributed by atoms with Crippen LogP contribution in [0.15, 0.2) is 58.1 Å². The number of hydrogen-bond donors (Lipinski definition) is 1. The summed E-state index contributed by atoms with van der Waals surface area (Å²) in [5.41, 5.74) is 0.886. The van der Waals surface area contributed by atoms with Gasteiger partial charge in [-0.05, 0) is 31.2 Å². The molecule has 0 aliphatic rings. The number of hydrogen-bond acceptors (Lipinski definition) is 8. The summed E-state index contributed by atoms with van der Waals surface area (Å²) >= 11 is 1.27. The lowest BCUT2D eigenvalue weighted by atomic mass is 10.2. The first-order chi connectivity index (χ1) is 14.0. The second kappa shape index (κ2) is 7.80. The molecule has 9 nitrogen and oxygen atoms in total. The Kier molecular flexibility index (Phi) is 5.04. The Morgan fingerprint density at radius 2 is 1.93 bits per heavy atom. The smallest absolute Gasteiger partial charge is 0.269 e. The van der Waals surface area contributed by atoms with Crippen molar-refractivity contribution in [3.05, 3.63) is 70.4 Å². The number of nitrogens with one attached hydrogen (secondary N) is 1. The van der Waals surface area contributed by atoms with Crippen molar-refractivity contribution in [3.8, 4) is 22.8 Å². The van der Waals surface area contributed by atoms with Gasteiger partial charge in [0.1, 0.15) is 5.82 Å². The number of benzene rings is 2. The van der Waals surface area contributed by atoms with Crippen LogP contribution in [0.25, 0.3) is 22.8 Å². The van der Waals surface area contributed by atoms with Gasteiger partial charge in [0.2, 0.25) is 16.9 Å². The van der Waals surface area contributed by atoms with E-state index in [9.17, 15) is 14.5 Å². The fourth-order valence-corrected chi connectivity index (χ4v) is 3.28. The molecule has 1 N–H and O–H groups in total. The predicted molar refractivity (Wildman–Crippen MR) is 102 cm³/mol. The van der Waals surface area contributed by atoms with Crippen LogP contribution >= 0.6 is 11.8 Å². The van der Waals surface area contributed by atoms with Gasteiger partial charge in [-0.1, -0.05) is 23.9 Å². The quantitative estimate of drug-likeness (QED) is 0.280. The minimum atomic E-state index is -0.478. The van der Waals surface area contributed by atoms with Gasteiger partial charge in [-0.25, -0.2) is 9.37 Å². The van der Waals surface area contributed by atoms with E-state index in [-0.39, 0.29) is 16.8 Å². The van der Waals surface area contributed by atoms with Crippen molar-refractivity contribution >= 4 is 17.4 Å². The Labute approximate surface area is 167 Å². The van der Waals surface area contributed by atoms with Gasteiger partial charge in [-0.15, -0.1) is 15.3 Å². The second-order valence-electron chi connectivity index (χ2n) is 5.96. The lowest BCUT2D eigenvalue weighted by molar-refractivity contribution is -0.384. The average molecular weight is 412 g/mol. The van der Waals surface area contributed by atoms with Crippen LogP contribution in [0.3, 0.4) is 0 Å². The van der Waals surface area contributed by atoms with E-state index in [1.165, 1.54) is 30.0 Å². The molecule has 29 heavy (non-hydrogen) atoms. The van der Waals surface area contributed by atoms with Crippen LogP contribution in [-0.2, 0) is 0 Å². The SMILES string of the molecule is C[C@H](Sc1n[nH]c(-c2ccccc2F)n1)c1nnc(-c2ccc([N+](=O)[O-])cc2)o1. The average Bonchev–Trinajstić information content (AvgIpc) is 3.38. The fraction of sp³-hybridized carbons (Fsp3) is 0.111. The summed E-state index contributed by atoms with van der Waals surface area (Å²) in [6, 6.07) is 12.1. The van der Waals surface area contributed by atoms with Crippen molar-refractivity contribution in [1.29, 1.82) is 0 Å². The maximum Gasteiger partial charge on any atom is 0.269 e. The van der Waals surface area contributed by atoms with Crippen LogP contribution in [0.5, 0.6) is 0 Å². The topological polar surface area (TPSA) is 124 Å². The molecule has 0 saturated heterocycles. The first-order valence-electron chi connectivity index (χ1n) is 8.43. The predicted octanol–water partition coefficient (Wildman–Crippen LogP) is 4.42. The van der Waals surface area contributed by atoms with E-state index in [4.69, 9.17) is 4.42 Å². The Bertz CT molecular complexity index is 1160. The molecule has 0 spiro atoms. The monoisotopic (exact) mass is 412 g/mol. The van der Waals surface area contributed by atoms with Crippen molar-refractivity contribution in [1.82, 2.24) is 25.4 Å². The second-order valence-corrected chi connectivity index (χ2v) is 7.26. The van der Waals surface area contributed by atoms with Gasteiger partial charge < -0.3 is 4.42 Å². The van der Waals surface area contributed by atoms with E-state index in [0.717, 1.165) is 0 Å². The Balaban J connectivity index is 1.48. The van der Waals surface area contributed by atoms with Gasteiger partial charge in [0.15, 0.2) is 5.82 Å². The van der Waals surface area contributed by atoms with Gasteiger partial charge in [0.25, 0.3) is 5.69 Å². The molecule has 2 aromatic heterocycles. The number of non-ortho nitro benzene ring substituents is 1. The van der Waals surface area contributed by atoms with Crippen molar-refractivity contribution in [2.45, 2.75) is 17.3 Å². The molecule has 2 heterocycles. The Hall–Kier alpha value is -3.60. The van der Waals surface area contributed by atoms with Gasteiger partial charge in [0.05, 0.1) is 15.7 Å². The Morgan fingerprint density at radius 1 is 1.17 bits per heavy atom. The highest BCUT2D eigenvalue weighted by Gasteiger charge is 2.19. The fourth-order valence-electron chi connectivity index (χ4n) is 2.52. The summed E-state index contributed by atoms with van der Waals surface area (Å²) in [6.07, 6.45) is 0. The summed E-state index contributed by atoms with van der Waals surface area (Å²) < 4.78 is 19.6. The molecular formula is C18H13FN6O3S. The standard InChI is InChI=1S/C18H13FN6O3S/c1-10(29-18-20-15(21-24-18)13-4-2-3-5-14(13)19)16-22-23-17(28-16)11-6-8-12(9-7-11)25(26)27/h2-10H,1H3,(H,20,21,24)/t10-/m0/s1. The van der Waals surface area contributed by atoms with E-state index in [1.807, 2.05) is 6.92 Å². The van der Waals surface area contributed by atoms with Crippen LogP contribution in [0.1, 0.15) is 18.1 Å². The van der Waals surface area contributed by atoms with Crippen molar-refractivity contribution < 1.29 is 13.7 Å². The highest BCUT2D eigenvalue weighted by Crippen LogP contribution is 2.34. The number of rotatable bonds is 6. The normalized spacial score (nSPS) is 12.1. The van der Waals surface area contributed by atoms with E-state index in [0.29, 0.717) is 28.0 Å². The van der Waals surface area contributed by atoms with Crippen molar-refractivity contribution in [3.63, 3.8) is 0 Å². The number of aromatic nitrogens is 5. The number of nitro benzene ring substituents is 1. The highest BCUT2D eigenvalue weighted by molar-refractivity contribution is 7.99. The number of thioether (sulfide) groups is 1. The Morgan fingerprint density at radius 3 is 2.66 bits per heavy atom. The maximum atomic E-state index is 13.9. The van der Waals surface area contributed by atoms with E-state index in [1.54, 1.807) is 30.3 Å². The van der Waals surface area contributed by atoms with E-state index >= 15 is 0 Å². The molecule has 0 radical (unpaired) electrons. The number of H-pyrrole nitrogens is 1. The third-order valence-electron chi connectivity index (χ3n) is 3.99. The number of halogens is 1. The lowest BCUT2D eigenvalue weighted by Crippen LogP contribution is -1.90. The van der Waals surface area contributed by atoms with E-state index in [2.05, 4.69) is 25.4 Å². The molecule has 0 amide bonds. The van der Waals surface area contributed by atoms with E-state index < -0.39 is 10.7 Å². The molecule has 1 atom stereocenters. The minimum absolute atomic E-state index is 0.0207. The highest BCUT2D eigenvalue weighted by atomic mass is 32.2. The summed E-state index contributed by atoms with van der Waals surface area (Å²) in [5.74, 6) is 0.540. The zero-order valence-electron chi connectivity index (χ0n) is 14.9. The molecule has 0 fully saturated rings. The van der Waals surface area contributed by atoms with Crippen molar-refractivity contribution in [2.75, 3.05) is 0 Å². The van der Waals surface area contributed by atoms with Crippen LogP contribution in [0.2, 0.25) is 0 Å². The minimum Gasteiger partial charge on any atom is -0.419 e.